The summed E-state index contributed by atoms with van der Waals surface area (Å²) in [7, 11) is -4.20. The van der Waals surface area contributed by atoms with Gasteiger partial charge in [0.2, 0.25) is 6.29 Å². The average molecular weight is 541 g/mol. The van der Waals surface area contributed by atoms with Gasteiger partial charge >= 0.3 is 17.9 Å². The average Bonchev–Trinajstić information content (AvgIpc) is 2.92. The molecule has 10 nitrogen and oxygen atoms in total. The number of benzene rings is 3. The van der Waals surface area contributed by atoms with E-state index in [0.29, 0.717) is 0 Å². The molecule has 4 rings (SSSR count). The van der Waals surface area contributed by atoms with Gasteiger partial charge in [-0.1, -0.05) is 54.6 Å². The third-order valence-corrected chi connectivity index (χ3v) is 5.99. The molecule has 0 bridgehead atoms. The minimum Gasteiger partial charge on any atom is -0.452 e. The van der Waals surface area contributed by atoms with E-state index in [1.54, 1.807) is 54.6 Å². The van der Waals surface area contributed by atoms with E-state index >= 15 is 0 Å². The number of hydrogen-bond donors (Lipinski definition) is 0. The molecule has 1 aliphatic rings. The van der Waals surface area contributed by atoms with Gasteiger partial charge < -0.3 is 18.9 Å². The summed E-state index contributed by atoms with van der Waals surface area (Å²) in [6.07, 6.45) is -5.34. The van der Waals surface area contributed by atoms with Gasteiger partial charge in [-0.15, -0.1) is 0 Å². The third-order valence-electron chi connectivity index (χ3n) is 5.42. The first kappa shape index (κ1) is 27.0. The molecule has 0 radical (unpaired) electrons. The lowest BCUT2D eigenvalue weighted by Gasteiger charge is -2.39. The maximum absolute atomic E-state index is 13.0. The molecular formula is C27H24O10S. The van der Waals surface area contributed by atoms with Crippen LogP contribution in [0.3, 0.4) is 0 Å². The van der Waals surface area contributed by atoms with Gasteiger partial charge in [0.25, 0.3) is 10.1 Å². The zero-order valence-electron chi connectivity index (χ0n) is 20.2. The Labute approximate surface area is 219 Å². The quantitative estimate of drug-likeness (QED) is 0.239. The predicted molar refractivity (Wildman–Crippen MR) is 133 cm³/mol. The van der Waals surface area contributed by atoms with Crippen molar-refractivity contribution < 1.29 is 45.9 Å². The molecule has 11 heteroatoms. The fourth-order valence-corrected chi connectivity index (χ4v) is 4.29. The van der Waals surface area contributed by atoms with E-state index in [0.717, 1.165) is 6.26 Å². The van der Waals surface area contributed by atoms with E-state index in [2.05, 4.69) is 0 Å². The Morgan fingerprint density at radius 3 is 1.53 bits per heavy atom. The Balaban J connectivity index is 1.65. The molecule has 0 spiro atoms. The van der Waals surface area contributed by atoms with E-state index in [9.17, 15) is 22.8 Å². The zero-order valence-corrected chi connectivity index (χ0v) is 21.0. The largest absolute Gasteiger partial charge is 0.452 e. The Bertz CT molecular complexity index is 1360. The Morgan fingerprint density at radius 1 is 0.658 bits per heavy atom. The van der Waals surface area contributed by atoms with Gasteiger partial charge in [-0.2, -0.15) is 8.42 Å². The smallest absolute Gasteiger partial charge is 0.340 e. The van der Waals surface area contributed by atoms with Crippen molar-refractivity contribution in [3.05, 3.63) is 108 Å². The molecule has 0 saturated carbocycles. The summed E-state index contributed by atoms with van der Waals surface area (Å²) in [5, 5.41) is 0. The number of carbonyl (C=O) groups is 3. The normalized spacial score (nSPS) is 21.2. The molecule has 3 aromatic rings. The molecule has 0 aliphatic carbocycles. The monoisotopic (exact) mass is 540 g/mol. The second kappa shape index (κ2) is 12.0. The second-order valence-electron chi connectivity index (χ2n) is 8.28. The van der Waals surface area contributed by atoms with E-state index in [-0.39, 0.29) is 23.3 Å². The van der Waals surface area contributed by atoms with Crippen LogP contribution in [0.25, 0.3) is 0 Å². The van der Waals surface area contributed by atoms with Crippen molar-refractivity contribution in [2.45, 2.75) is 24.6 Å². The van der Waals surface area contributed by atoms with Crippen LogP contribution in [0, 0.1) is 0 Å². The van der Waals surface area contributed by atoms with Crippen LogP contribution in [0.4, 0.5) is 0 Å². The van der Waals surface area contributed by atoms with E-state index < -0.39 is 52.6 Å². The lowest BCUT2D eigenvalue weighted by atomic mass is 10.0. The molecule has 1 aliphatic heterocycles. The molecule has 0 N–H and O–H groups in total. The minimum absolute atomic E-state index is 0.156. The topological polar surface area (TPSA) is 132 Å². The highest BCUT2D eigenvalue weighted by Gasteiger charge is 2.49. The lowest BCUT2D eigenvalue weighted by Crippen LogP contribution is -2.58. The minimum atomic E-state index is -4.20. The zero-order chi connectivity index (χ0) is 27.1. The van der Waals surface area contributed by atoms with Gasteiger partial charge in [-0.05, 0) is 36.4 Å². The summed E-state index contributed by atoms with van der Waals surface area (Å²) in [6.45, 7) is -0.387. The number of rotatable bonds is 8. The first-order valence-electron chi connectivity index (χ1n) is 11.5. The summed E-state index contributed by atoms with van der Waals surface area (Å²) in [6, 6.07) is 23.9. The van der Waals surface area contributed by atoms with Crippen molar-refractivity contribution in [1.29, 1.82) is 0 Å². The fraction of sp³-hybridized carbons (Fsp3) is 0.222. The Kier molecular flexibility index (Phi) is 8.52. The summed E-state index contributed by atoms with van der Waals surface area (Å²) < 4.78 is 51.8. The highest BCUT2D eigenvalue weighted by atomic mass is 32.2. The molecule has 3 aromatic carbocycles. The highest BCUT2D eigenvalue weighted by Crippen LogP contribution is 2.28. The van der Waals surface area contributed by atoms with Crippen molar-refractivity contribution in [3.63, 3.8) is 0 Å². The molecule has 0 amide bonds. The van der Waals surface area contributed by atoms with Crippen LogP contribution in [0.15, 0.2) is 91.0 Å². The van der Waals surface area contributed by atoms with Crippen LogP contribution >= 0.6 is 0 Å². The molecule has 198 valence electrons. The van der Waals surface area contributed by atoms with Gasteiger partial charge in [0.15, 0.2) is 18.3 Å². The lowest BCUT2D eigenvalue weighted by molar-refractivity contribution is -0.243. The number of ether oxygens (including phenoxy) is 4. The fourth-order valence-electron chi connectivity index (χ4n) is 3.69. The first-order valence-corrected chi connectivity index (χ1v) is 13.3. The highest BCUT2D eigenvalue weighted by molar-refractivity contribution is 7.86. The molecule has 0 aromatic heterocycles. The first-order chi connectivity index (χ1) is 18.2. The van der Waals surface area contributed by atoms with Crippen molar-refractivity contribution in [3.8, 4) is 0 Å². The number of esters is 3. The van der Waals surface area contributed by atoms with E-state index in [4.69, 9.17) is 23.1 Å². The predicted octanol–water partition coefficient (Wildman–Crippen LogP) is 3.00. The van der Waals surface area contributed by atoms with Crippen molar-refractivity contribution in [2.24, 2.45) is 0 Å². The molecule has 1 saturated heterocycles. The summed E-state index contributed by atoms with van der Waals surface area (Å²) in [4.78, 5) is 38.5. The van der Waals surface area contributed by atoms with E-state index in [1.165, 1.54) is 36.4 Å². The van der Waals surface area contributed by atoms with Gasteiger partial charge in [0.1, 0.15) is 0 Å². The maximum Gasteiger partial charge on any atom is 0.340 e. The van der Waals surface area contributed by atoms with Crippen molar-refractivity contribution in [2.75, 3.05) is 12.9 Å². The number of hydrogen-bond acceptors (Lipinski definition) is 10. The molecule has 1 fully saturated rings. The van der Waals surface area contributed by atoms with Crippen LogP contribution in [-0.4, -0.2) is 63.8 Å². The van der Waals surface area contributed by atoms with Gasteiger partial charge in [0.05, 0.1) is 29.6 Å². The van der Waals surface area contributed by atoms with Crippen molar-refractivity contribution >= 4 is 28.0 Å². The second-order valence-corrected chi connectivity index (χ2v) is 9.88. The van der Waals surface area contributed by atoms with Crippen LogP contribution in [0.2, 0.25) is 0 Å². The third kappa shape index (κ3) is 7.03. The van der Waals surface area contributed by atoms with E-state index in [1.807, 2.05) is 0 Å². The van der Waals surface area contributed by atoms with Crippen molar-refractivity contribution in [1.82, 2.24) is 0 Å². The van der Waals surface area contributed by atoms with Crippen LogP contribution in [0.5, 0.6) is 0 Å². The molecule has 4 unspecified atom stereocenters. The molecule has 4 atom stereocenters. The summed E-state index contributed by atoms with van der Waals surface area (Å²) in [5.74, 6) is -2.43. The van der Waals surface area contributed by atoms with Crippen LogP contribution < -0.4 is 0 Å². The maximum atomic E-state index is 13.0. The molecular weight excluding hydrogens is 516 g/mol. The molecule has 38 heavy (non-hydrogen) atoms. The molecule has 1 heterocycles. The van der Waals surface area contributed by atoms with Gasteiger partial charge in [-0.3, -0.25) is 4.18 Å². The summed E-state index contributed by atoms with van der Waals surface area (Å²) in [5.41, 5.74) is 0.534. The number of carbonyl (C=O) groups excluding carboxylic acids is 3. The van der Waals surface area contributed by atoms with Crippen LogP contribution in [0.1, 0.15) is 31.1 Å². The van der Waals surface area contributed by atoms with Gasteiger partial charge in [-0.25, -0.2) is 14.4 Å². The SMILES string of the molecule is CS(=O)(=O)OC1C(OC(=O)c2ccccc2)OCC(OC(=O)c2ccccc2)C1OC(=O)c1ccccc1. The Hall–Kier alpha value is -4.06. The summed E-state index contributed by atoms with van der Waals surface area (Å²) >= 11 is 0. The Morgan fingerprint density at radius 2 is 1.08 bits per heavy atom. The van der Waals surface area contributed by atoms with Gasteiger partial charge in [0, 0.05) is 0 Å². The van der Waals surface area contributed by atoms with Crippen LogP contribution in [-0.2, 0) is 33.2 Å². The standard InChI is InChI=1S/C27H24O10S/c1-38(31,32)37-23-22(35-25(29)19-13-7-3-8-14-19)21(34-24(28)18-11-5-2-6-12-18)17-33-27(23)36-26(30)20-15-9-4-10-16-20/h2-16,21-23,27H,17H2,1H3.